The standard InChI is InChI=1S/C19H26N4O2/c1-14-12-16(15(2)22(14)3)19(24)21-13-18(17-6-4-5-7-20-17)23-8-10-25-11-9-23/h4-7,12,18H,8-11,13H2,1-3H3,(H,21,24)/t18-/m0/s1. The molecule has 6 nitrogen and oxygen atoms in total. The summed E-state index contributed by atoms with van der Waals surface area (Å²) in [7, 11) is 1.98. The summed E-state index contributed by atoms with van der Waals surface area (Å²) in [4.78, 5) is 19.5. The highest BCUT2D eigenvalue weighted by Crippen LogP contribution is 2.20. The van der Waals surface area contributed by atoms with Crippen molar-refractivity contribution in [3.8, 4) is 0 Å². The number of ether oxygens (including phenoxy) is 1. The molecule has 1 atom stereocenters. The summed E-state index contributed by atoms with van der Waals surface area (Å²) in [5, 5.41) is 3.10. The molecule has 25 heavy (non-hydrogen) atoms. The fourth-order valence-corrected chi connectivity index (χ4v) is 3.25. The van der Waals surface area contributed by atoms with Gasteiger partial charge in [0.1, 0.15) is 0 Å². The van der Waals surface area contributed by atoms with E-state index >= 15 is 0 Å². The zero-order valence-electron chi connectivity index (χ0n) is 15.2. The third kappa shape index (κ3) is 3.91. The van der Waals surface area contributed by atoms with Crippen molar-refractivity contribution in [2.75, 3.05) is 32.8 Å². The van der Waals surface area contributed by atoms with E-state index in [2.05, 4.69) is 15.2 Å². The second-order valence-electron chi connectivity index (χ2n) is 6.47. The minimum Gasteiger partial charge on any atom is -0.379 e. The van der Waals surface area contributed by atoms with E-state index < -0.39 is 0 Å². The van der Waals surface area contributed by atoms with Crippen LogP contribution in [-0.2, 0) is 11.8 Å². The molecule has 3 heterocycles. The maximum atomic E-state index is 12.7. The number of amides is 1. The van der Waals surface area contributed by atoms with Gasteiger partial charge in [-0.25, -0.2) is 0 Å². The molecule has 1 amide bonds. The van der Waals surface area contributed by atoms with Gasteiger partial charge in [0, 0.05) is 44.3 Å². The Kier molecular flexibility index (Phi) is 5.50. The Morgan fingerprint density at radius 3 is 2.68 bits per heavy atom. The number of hydrogen-bond donors (Lipinski definition) is 1. The summed E-state index contributed by atoms with van der Waals surface area (Å²) in [6, 6.07) is 7.91. The van der Waals surface area contributed by atoms with E-state index in [1.54, 1.807) is 6.20 Å². The minimum atomic E-state index is -0.0320. The average molecular weight is 342 g/mol. The van der Waals surface area contributed by atoms with E-state index in [0.717, 1.165) is 35.7 Å². The molecule has 2 aromatic heterocycles. The predicted molar refractivity (Wildman–Crippen MR) is 96.6 cm³/mol. The lowest BCUT2D eigenvalue weighted by Crippen LogP contribution is -2.44. The highest BCUT2D eigenvalue weighted by molar-refractivity contribution is 5.95. The number of carbonyl (C=O) groups is 1. The molecule has 6 heteroatoms. The molecular weight excluding hydrogens is 316 g/mol. The number of pyridine rings is 1. The maximum Gasteiger partial charge on any atom is 0.253 e. The van der Waals surface area contributed by atoms with E-state index in [9.17, 15) is 4.79 Å². The maximum absolute atomic E-state index is 12.7. The van der Waals surface area contributed by atoms with Gasteiger partial charge in [0.2, 0.25) is 0 Å². The number of rotatable bonds is 5. The van der Waals surface area contributed by atoms with Crippen LogP contribution in [-0.4, -0.2) is 53.2 Å². The van der Waals surface area contributed by atoms with Crippen LogP contribution in [0, 0.1) is 13.8 Å². The summed E-state index contributed by atoms with van der Waals surface area (Å²) in [6.07, 6.45) is 1.80. The van der Waals surface area contributed by atoms with Crippen molar-refractivity contribution in [3.05, 3.63) is 53.1 Å². The fraction of sp³-hybridized carbons (Fsp3) is 0.474. The Morgan fingerprint density at radius 1 is 1.32 bits per heavy atom. The van der Waals surface area contributed by atoms with Gasteiger partial charge in [0.05, 0.1) is 30.5 Å². The van der Waals surface area contributed by atoms with E-state index in [-0.39, 0.29) is 11.9 Å². The molecule has 1 aliphatic rings. The van der Waals surface area contributed by atoms with Crippen LogP contribution in [0.5, 0.6) is 0 Å². The van der Waals surface area contributed by atoms with Gasteiger partial charge < -0.3 is 14.6 Å². The van der Waals surface area contributed by atoms with Crippen LogP contribution in [0.25, 0.3) is 0 Å². The summed E-state index contributed by atoms with van der Waals surface area (Å²) < 4.78 is 7.49. The van der Waals surface area contributed by atoms with Crippen LogP contribution in [0.2, 0.25) is 0 Å². The molecule has 0 aromatic carbocycles. The Balaban J connectivity index is 1.74. The number of carbonyl (C=O) groups excluding carboxylic acids is 1. The topological polar surface area (TPSA) is 59.4 Å². The highest BCUT2D eigenvalue weighted by atomic mass is 16.5. The molecule has 0 radical (unpaired) electrons. The van der Waals surface area contributed by atoms with Crippen LogP contribution < -0.4 is 5.32 Å². The highest BCUT2D eigenvalue weighted by Gasteiger charge is 2.25. The largest absolute Gasteiger partial charge is 0.379 e. The van der Waals surface area contributed by atoms with Crippen LogP contribution in [0.4, 0.5) is 0 Å². The Morgan fingerprint density at radius 2 is 2.08 bits per heavy atom. The lowest BCUT2D eigenvalue weighted by atomic mass is 10.1. The van der Waals surface area contributed by atoms with Gasteiger partial charge in [-0.05, 0) is 32.0 Å². The van der Waals surface area contributed by atoms with Gasteiger partial charge in [-0.3, -0.25) is 14.7 Å². The Bertz CT molecular complexity index is 721. The Hall–Kier alpha value is -2.18. The summed E-state index contributed by atoms with van der Waals surface area (Å²) in [5.41, 5.74) is 3.78. The van der Waals surface area contributed by atoms with Crippen LogP contribution in [0.1, 0.15) is 33.5 Å². The van der Waals surface area contributed by atoms with Crippen molar-refractivity contribution in [3.63, 3.8) is 0 Å². The first-order valence-electron chi connectivity index (χ1n) is 8.71. The van der Waals surface area contributed by atoms with Crippen molar-refractivity contribution in [1.29, 1.82) is 0 Å². The molecule has 0 aliphatic carbocycles. The second kappa shape index (κ2) is 7.80. The second-order valence-corrected chi connectivity index (χ2v) is 6.47. The van der Waals surface area contributed by atoms with Crippen LogP contribution >= 0.6 is 0 Å². The molecule has 0 bridgehead atoms. The van der Waals surface area contributed by atoms with Crippen LogP contribution in [0.15, 0.2) is 30.5 Å². The first-order chi connectivity index (χ1) is 12.1. The molecule has 1 fully saturated rings. The number of nitrogens with one attached hydrogen (secondary N) is 1. The molecule has 134 valence electrons. The van der Waals surface area contributed by atoms with Gasteiger partial charge in [-0.1, -0.05) is 6.07 Å². The SMILES string of the molecule is Cc1cc(C(=O)NC[C@@H](c2ccccn2)N2CCOCC2)c(C)n1C. The van der Waals surface area contributed by atoms with Gasteiger partial charge in [0.15, 0.2) is 0 Å². The van der Waals surface area contributed by atoms with Crippen molar-refractivity contribution >= 4 is 5.91 Å². The van der Waals surface area contributed by atoms with Crippen LogP contribution in [0.3, 0.4) is 0 Å². The van der Waals surface area contributed by atoms with Gasteiger partial charge >= 0.3 is 0 Å². The minimum absolute atomic E-state index is 0.0320. The molecule has 0 spiro atoms. The third-order valence-electron chi connectivity index (χ3n) is 4.99. The van der Waals surface area contributed by atoms with Gasteiger partial charge in [0.25, 0.3) is 5.91 Å². The number of hydrogen-bond acceptors (Lipinski definition) is 4. The lowest BCUT2D eigenvalue weighted by Gasteiger charge is -2.34. The van der Waals surface area contributed by atoms with Crippen molar-refractivity contribution < 1.29 is 9.53 Å². The average Bonchev–Trinajstić information content (AvgIpc) is 2.91. The predicted octanol–water partition coefficient (Wildman–Crippen LogP) is 1.84. The number of nitrogens with zero attached hydrogens (tertiary/aromatic N) is 3. The third-order valence-corrected chi connectivity index (χ3v) is 4.99. The normalized spacial score (nSPS) is 16.6. The summed E-state index contributed by atoms with van der Waals surface area (Å²) in [6.45, 7) is 7.64. The summed E-state index contributed by atoms with van der Waals surface area (Å²) >= 11 is 0. The Labute approximate surface area is 148 Å². The van der Waals surface area contributed by atoms with Crippen molar-refractivity contribution in [1.82, 2.24) is 19.8 Å². The van der Waals surface area contributed by atoms with E-state index in [1.165, 1.54) is 0 Å². The fourth-order valence-electron chi connectivity index (χ4n) is 3.25. The van der Waals surface area contributed by atoms with Gasteiger partial charge in [-0.2, -0.15) is 0 Å². The van der Waals surface area contributed by atoms with Crippen molar-refractivity contribution in [2.45, 2.75) is 19.9 Å². The number of aryl methyl sites for hydroxylation is 1. The van der Waals surface area contributed by atoms with E-state index in [1.807, 2.05) is 49.7 Å². The smallest absolute Gasteiger partial charge is 0.253 e. The molecule has 2 aromatic rings. The van der Waals surface area contributed by atoms with E-state index in [0.29, 0.717) is 19.8 Å². The number of morpholine rings is 1. The first-order valence-corrected chi connectivity index (χ1v) is 8.71. The van der Waals surface area contributed by atoms with Crippen molar-refractivity contribution in [2.24, 2.45) is 7.05 Å². The zero-order valence-corrected chi connectivity index (χ0v) is 15.2. The molecule has 0 unspecified atom stereocenters. The molecule has 1 N–H and O–H groups in total. The van der Waals surface area contributed by atoms with E-state index in [4.69, 9.17) is 4.74 Å². The summed E-state index contributed by atoms with van der Waals surface area (Å²) in [5.74, 6) is -0.0320. The molecular formula is C19H26N4O2. The molecule has 3 rings (SSSR count). The number of aromatic nitrogens is 2. The van der Waals surface area contributed by atoms with Gasteiger partial charge in [-0.15, -0.1) is 0 Å². The first kappa shape index (κ1) is 17.6. The molecule has 1 aliphatic heterocycles. The quantitative estimate of drug-likeness (QED) is 0.901. The lowest BCUT2D eigenvalue weighted by molar-refractivity contribution is 0.0154. The molecule has 0 saturated carbocycles. The zero-order chi connectivity index (χ0) is 17.8. The monoisotopic (exact) mass is 342 g/mol. The molecule has 1 saturated heterocycles.